The van der Waals surface area contributed by atoms with Gasteiger partial charge in [-0.1, -0.05) is 37.5 Å². The number of hydrogen-bond acceptors (Lipinski definition) is 3. The van der Waals surface area contributed by atoms with Gasteiger partial charge in [0.2, 0.25) is 0 Å². The molecule has 4 rings (SSSR count). The smallest absolute Gasteiger partial charge is 0.255 e. The minimum absolute atomic E-state index is 0.00481. The highest BCUT2D eigenvalue weighted by Gasteiger charge is 2.37. The average Bonchev–Trinajstić information content (AvgIpc) is 2.68. The molecule has 130 valence electrons. The van der Waals surface area contributed by atoms with Crippen LogP contribution in [0.25, 0.3) is 0 Å². The molecule has 4 heteroatoms. The number of carbonyl (C=O) groups is 1. The third-order valence-electron chi connectivity index (χ3n) is 5.40. The zero-order valence-corrected chi connectivity index (χ0v) is 14.6. The molecule has 1 aliphatic carbocycles. The maximum absolute atomic E-state index is 12.7. The summed E-state index contributed by atoms with van der Waals surface area (Å²) in [5.74, 6) is 1.26. The van der Waals surface area contributed by atoms with Crippen molar-refractivity contribution in [2.75, 3.05) is 12.0 Å². The van der Waals surface area contributed by atoms with E-state index in [1.165, 1.54) is 19.3 Å². The minimum atomic E-state index is -0.00481. The number of ether oxygens (including phenoxy) is 1. The number of amides is 1. The summed E-state index contributed by atoms with van der Waals surface area (Å²) in [4.78, 5) is 15.0. The van der Waals surface area contributed by atoms with Crippen molar-refractivity contribution >= 4 is 17.3 Å². The number of carbonyl (C=O) groups excluding carboxylic acids is 1. The SMILES string of the molecule is COc1ccc2c(c1)N(c1ccccc1)C(C1CCCCC1)NC2=O. The molecule has 1 N–H and O–H groups in total. The van der Waals surface area contributed by atoms with Gasteiger partial charge in [-0.05, 0) is 43.0 Å². The Morgan fingerprint density at radius 3 is 2.52 bits per heavy atom. The zero-order valence-electron chi connectivity index (χ0n) is 14.6. The number of nitrogens with zero attached hydrogens (tertiary/aromatic N) is 1. The predicted molar refractivity (Wildman–Crippen MR) is 99.4 cm³/mol. The van der Waals surface area contributed by atoms with Gasteiger partial charge in [0.1, 0.15) is 11.9 Å². The normalized spacial score (nSPS) is 20.8. The van der Waals surface area contributed by atoms with Crippen LogP contribution in [0.3, 0.4) is 0 Å². The average molecular weight is 336 g/mol. The number of rotatable bonds is 3. The van der Waals surface area contributed by atoms with Gasteiger partial charge in [-0.15, -0.1) is 0 Å². The van der Waals surface area contributed by atoms with Gasteiger partial charge >= 0.3 is 0 Å². The fourth-order valence-corrected chi connectivity index (χ4v) is 4.12. The summed E-state index contributed by atoms with van der Waals surface area (Å²) >= 11 is 0. The molecular formula is C21H24N2O2. The first kappa shape index (κ1) is 16.0. The van der Waals surface area contributed by atoms with Crippen molar-refractivity contribution in [2.45, 2.75) is 38.3 Å². The number of benzene rings is 2. The van der Waals surface area contributed by atoms with Gasteiger partial charge in [0, 0.05) is 11.8 Å². The maximum atomic E-state index is 12.7. The van der Waals surface area contributed by atoms with E-state index in [2.05, 4.69) is 22.3 Å². The highest BCUT2D eigenvalue weighted by atomic mass is 16.5. The molecule has 4 nitrogen and oxygen atoms in total. The third-order valence-corrected chi connectivity index (χ3v) is 5.40. The lowest BCUT2D eigenvalue weighted by Crippen LogP contribution is -2.55. The predicted octanol–water partition coefficient (Wildman–Crippen LogP) is 4.48. The van der Waals surface area contributed by atoms with E-state index in [9.17, 15) is 4.79 Å². The minimum Gasteiger partial charge on any atom is -0.497 e. The van der Waals surface area contributed by atoms with Gasteiger partial charge < -0.3 is 15.0 Å². The molecule has 0 bridgehead atoms. The lowest BCUT2D eigenvalue weighted by molar-refractivity contribution is 0.0904. The first-order valence-corrected chi connectivity index (χ1v) is 9.11. The molecule has 1 amide bonds. The summed E-state index contributed by atoms with van der Waals surface area (Å²) in [5.41, 5.74) is 2.74. The molecule has 2 aliphatic rings. The van der Waals surface area contributed by atoms with E-state index in [0.29, 0.717) is 11.5 Å². The summed E-state index contributed by atoms with van der Waals surface area (Å²) in [6.07, 6.45) is 6.10. The first-order chi connectivity index (χ1) is 12.3. The van der Waals surface area contributed by atoms with Gasteiger partial charge in [0.15, 0.2) is 0 Å². The Kier molecular flexibility index (Phi) is 4.35. The van der Waals surface area contributed by atoms with E-state index in [-0.39, 0.29) is 12.1 Å². The number of nitrogens with one attached hydrogen (secondary N) is 1. The number of methoxy groups -OCH3 is 1. The van der Waals surface area contributed by atoms with E-state index in [4.69, 9.17) is 4.74 Å². The molecule has 0 aromatic heterocycles. The van der Waals surface area contributed by atoms with Crippen LogP contribution in [-0.4, -0.2) is 19.2 Å². The number of fused-ring (bicyclic) bond motifs is 1. The van der Waals surface area contributed by atoms with Gasteiger partial charge in [-0.2, -0.15) is 0 Å². The van der Waals surface area contributed by atoms with E-state index in [1.54, 1.807) is 7.11 Å². The topological polar surface area (TPSA) is 41.6 Å². The van der Waals surface area contributed by atoms with Gasteiger partial charge in [0.25, 0.3) is 5.91 Å². The summed E-state index contributed by atoms with van der Waals surface area (Å²) < 4.78 is 5.42. The van der Waals surface area contributed by atoms with E-state index < -0.39 is 0 Å². The van der Waals surface area contributed by atoms with E-state index in [1.807, 2.05) is 36.4 Å². The zero-order chi connectivity index (χ0) is 17.2. The molecule has 1 atom stereocenters. The van der Waals surface area contributed by atoms with E-state index in [0.717, 1.165) is 30.0 Å². The van der Waals surface area contributed by atoms with Crippen LogP contribution in [0.2, 0.25) is 0 Å². The van der Waals surface area contributed by atoms with Crippen LogP contribution < -0.4 is 15.0 Å². The molecule has 0 spiro atoms. The second-order valence-corrected chi connectivity index (χ2v) is 6.91. The first-order valence-electron chi connectivity index (χ1n) is 9.11. The lowest BCUT2D eigenvalue weighted by atomic mass is 9.85. The highest BCUT2D eigenvalue weighted by Crippen LogP contribution is 2.40. The fourth-order valence-electron chi connectivity index (χ4n) is 4.12. The van der Waals surface area contributed by atoms with Crippen molar-refractivity contribution < 1.29 is 9.53 Å². The van der Waals surface area contributed by atoms with Crippen LogP contribution in [0, 0.1) is 5.92 Å². The van der Waals surface area contributed by atoms with Crippen LogP contribution in [-0.2, 0) is 0 Å². The second-order valence-electron chi connectivity index (χ2n) is 6.91. The quantitative estimate of drug-likeness (QED) is 0.898. The second kappa shape index (κ2) is 6.79. The molecule has 0 radical (unpaired) electrons. The van der Waals surface area contributed by atoms with E-state index >= 15 is 0 Å². The van der Waals surface area contributed by atoms with Crippen LogP contribution in [0.5, 0.6) is 5.75 Å². The van der Waals surface area contributed by atoms with Crippen LogP contribution in [0.15, 0.2) is 48.5 Å². The summed E-state index contributed by atoms with van der Waals surface area (Å²) in [7, 11) is 1.66. The fraction of sp³-hybridized carbons (Fsp3) is 0.381. The molecule has 1 aliphatic heterocycles. The molecular weight excluding hydrogens is 312 g/mol. The number of para-hydroxylation sites is 1. The Labute approximate surface area is 148 Å². The van der Waals surface area contributed by atoms with Gasteiger partial charge in [-0.3, -0.25) is 4.79 Å². The Morgan fingerprint density at radius 1 is 1.04 bits per heavy atom. The molecule has 1 saturated carbocycles. The van der Waals surface area contributed by atoms with Crippen molar-refractivity contribution in [1.29, 1.82) is 0 Å². The Balaban J connectivity index is 1.82. The standard InChI is InChI=1S/C21H24N2O2/c1-25-17-12-13-18-19(14-17)23(16-10-6-3-7-11-16)20(22-21(18)24)15-8-4-2-5-9-15/h3,6-7,10-15,20H,2,4-5,8-9H2,1H3,(H,22,24). The van der Waals surface area contributed by atoms with Crippen molar-refractivity contribution in [1.82, 2.24) is 5.32 Å². The summed E-state index contributed by atoms with van der Waals surface area (Å²) in [6.45, 7) is 0. The van der Waals surface area contributed by atoms with Crippen LogP contribution >= 0.6 is 0 Å². The number of hydrogen-bond donors (Lipinski definition) is 1. The monoisotopic (exact) mass is 336 g/mol. The van der Waals surface area contributed by atoms with Crippen LogP contribution in [0.1, 0.15) is 42.5 Å². The summed E-state index contributed by atoms with van der Waals surface area (Å²) in [6, 6.07) is 16.0. The molecule has 25 heavy (non-hydrogen) atoms. The molecule has 0 saturated heterocycles. The van der Waals surface area contributed by atoms with Gasteiger partial charge in [-0.25, -0.2) is 0 Å². The molecule has 1 fully saturated rings. The molecule has 1 unspecified atom stereocenters. The van der Waals surface area contributed by atoms with Gasteiger partial charge in [0.05, 0.1) is 18.4 Å². The maximum Gasteiger partial charge on any atom is 0.255 e. The molecule has 2 aromatic carbocycles. The molecule has 1 heterocycles. The third kappa shape index (κ3) is 2.97. The van der Waals surface area contributed by atoms with Crippen molar-refractivity contribution in [2.24, 2.45) is 5.92 Å². The van der Waals surface area contributed by atoms with Crippen molar-refractivity contribution in [3.8, 4) is 5.75 Å². The Morgan fingerprint density at radius 2 is 1.80 bits per heavy atom. The largest absolute Gasteiger partial charge is 0.497 e. The van der Waals surface area contributed by atoms with Crippen molar-refractivity contribution in [3.05, 3.63) is 54.1 Å². The highest BCUT2D eigenvalue weighted by molar-refractivity contribution is 6.03. The number of anilines is 2. The Bertz CT molecular complexity index is 754. The summed E-state index contributed by atoms with van der Waals surface area (Å²) in [5, 5.41) is 3.27. The lowest BCUT2D eigenvalue weighted by Gasteiger charge is -2.44. The van der Waals surface area contributed by atoms with Crippen molar-refractivity contribution in [3.63, 3.8) is 0 Å². The Hall–Kier alpha value is -2.49. The van der Waals surface area contributed by atoms with Crippen LogP contribution in [0.4, 0.5) is 11.4 Å². The molecule has 2 aromatic rings.